The summed E-state index contributed by atoms with van der Waals surface area (Å²) in [5, 5.41) is 29.4. The highest BCUT2D eigenvalue weighted by atomic mass is 16.5. The van der Waals surface area contributed by atoms with Gasteiger partial charge in [-0.15, -0.1) is 0 Å². The van der Waals surface area contributed by atoms with Crippen molar-refractivity contribution in [2.75, 3.05) is 0 Å². The maximum absolute atomic E-state index is 10.2. The van der Waals surface area contributed by atoms with Crippen LogP contribution in [0.3, 0.4) is 0 Å². The van der Waals surface area contributed by atoms with E-state index in [0.717, 1.165) is 5.56 Å². The fourth-order valence-corrected chi connectivity index (χ4v) is 3.49. The summed E-state index contributed by atoms with van der Waals surface area (Å²) >= 11 is 0. The number of ether oxygens (including phenoxy) is 1. The zero-order chi connectivity index (χ0) is 16.1. The predicted molar refractivity (Wildman–Crippen MR) is 83.5 cm³/mol. The Labute approximate surface area is 129 Å². The summed E-state index contributed by atoms with van der Waals surface area (Å²) in [4.78, 5) is 0. The van der Waals surface area contributed by atoms with Gasteiger partial charge in [-0.3, -0.25) is 0 Å². The highest BCUT2D eigenvalue weighted by Crippen LogP contribution is 2.51. The molecule has 0 aliphatic carbocycles. The van der Waals surface area contributed by atoms with Gasteiger partial charge in [-0.25, -0.2) is 0 Å². The van der Waals surface area contributed by atoms with Crippen molar-refractivity contribution < 1.29 is 20.1 Å². The van der Waals surface area contributed by atoms with Crippen LogP contribution in [0.15, 0.2) is 36.4 Å². The Bertz CT molecular complexity index is 736. The van der Waals surface area contributed by atoms with E-state index in [9.17, 15) is 15.3 Å². The fraction of sp³-hybridized carbons (Fsp3) is 0.333. The zero-order valence-electron chi connectivity index (χ0n) is 12.9. The molecular weight excluding hydrogens is 280 g/mol. The minimum absolute atomic E-state index is 0.00176. The molecule has 2 aromatic rings. The monoisotopic (exact) mass is 300 g/mol. The van der Waals surface area contributed by atoms with Crippen molar-refractivity contribution in [3.8, 4) is 23.0 Å². The summed E-state index contributed by atoms with van der Waals surface area (Å²) in [6, 6.07) is 9.66. The third-order valence-corrected chi connectivity index (χ3v) is 4.36. The minimum atomic E-state index is -0.748. The van der Waals surface area contributed by atoms with Crippen LogP contribution in [-0.2, 0) is 11.0 Å². The molecule has 0 amide bonds. The zero-order valence-corrected chi connectivity index (χ0v) is 12.9. The molecule has 4 nitrogen and oxygen atoms in total. The molecule has 4 heteroatoms. The molecule has 3 N–H and O–H groups in total. The number of fused-ring (bicyclic) bond motifs is 1. The van der Waals surface area contributed by atoms with Crippen LogP contribution in [-0.4, -0.2) is 15.3 Å². The van der Waals surface area contributed by atoms with Gasteiger partial charge in [0.05, 0.1) is 0 Å². The van der Waals surface area contributed by atoms with E-state index in [-0.39, 0.29) is 22.7 Å². The second-order valence-corrected chi connectivity index (χ2v) is 6.78. The predicted octanol–water partition coefficient (Wildman–Crippen LogP) is 3.78. The first-order chi connectivity index (χ1) is 10.2. The number of benzene rings is 2. The van der Waals surface area contributed by atoms with Gasteiger partial charge in [0.1, 0.15) is 28.6 Å². The van der Waals surface area contributed by atoms with Crippen LogP contribution >= 0.6 is 0 Å². The van der Waals surface area contributed by atoms with Gasteiger partial charge in [-0.2, -0.15) is 0 Å². The molecule has 0 saturated heterocycles. The van der Waals surface area contributed by atoms with Gasteiger partial charge in [0.15, 0.2) is 0 Å². The summed E-state index contributed by atoms with van der Waals surface area (Å²) in [7, 11) is 0. The molecule has 0 bridgehead atoms. The molecule has 1 aliphatic heterocycles. The van der Waals surface area contributed by atoms with E-state index in [0.29, 0.717) is 17.7 Å². The van der Waals surface area contributed by atoms with Crippen LogP contribution in [0.25, 0.3) is 0 Å². The van der Waals surface area contributed by atoms with Crippen molar-refractivity contribution >= 4 is 0 Å². The van der Waals surface area contributed by atoms with Crippen LogP contribution in [0.4, 0.5) is 0 Å². The highest BCUT2D eigenvalue weighted by molar-refractivity contribution is 5.50. The molecule has 116 valence electrons. The van der Waals surface area contributed by atoms with Crippen molar-refractivity contribution in [2.24, 2.45) is 0 Å². The fourth-order valence-electron chi connectivity index (χ4n) is 3.49. The van der Waals surface area contributed by atoms with Gasteiger partial charge in [0.2, 0.25) is 0 Å². The number of phenols is 3. The van der Waals surface area contributed by atoms with E-state index in [1.165, 1.54) is 12.1 Å². The highest BCUT2D eigenvalue weighted by Gasteiger charge is 2.44. The number of aromatic hydroxyl groups is 3. The molecular formula is C18H20O4. The Balaban J connectivity index is 2.13. The SMILES string of the molecule is CC1(C)C[C@@](C)(c2ccc(O)cc2O)Oc2cc(O)ccc21. The maximum atomic E-state index is 10.2. The minimum Gasteiger partial charge on any atom is -0.508 e. The normalized spacial score (nSPS) is 22.7. The lowest BCUT2D eigenvalue weighted by atomic mass is 9.71. The Morgan fingerprint density at radius 1 is 0.864 bits per heavy atom. The van der Waals surface area contributed by atoms with Gasteiger partial charge in [0, 0.05) is 29.7 Å². The first-order valence-electron chi connectivity index (χ1n) is 7.26. The molecule has 0 aromatic heterocycles. The summed E-state index contributed by atoms with van der Waals surface area (Å²) in [6.45, 7) is 6.13. The first kappa shape index (κ1) is 14.6. The lowest BCUT2D eigenvalue weighted by Crippen LogP contribution is -2.41. The van der Waals surface area contributed by atoms with Gasteiger partial charge < -0.3 is 20.1 Å². The summed E-state index contributed by atoms with van der Waals surface area (Å²) in [5.41, 5.74) is 0.719. The second kappa shape index (κ2) is 4.57. The van der Waals surface area contributed by atoms with Gasteiger partial charge in [-0.1, -0.05) is 19.9 Å². The molecule has 0 fully saturated rings. The van der Waals surface area contributed by atoms with E-state index in [2.05, 4.69) is 13.8 Å². The van der Waals surface area contributed by atoms with Crippen LogP contribution < -0.4 is 4.74 Å². The van der Waals surface area contributed by atoms with Crippen LogP contribution in [0, 0.1) is 0 Å². The van der Waals surface area contributed by atoms with Gasteiger partial charge >= 0.3 is 0 Å². The molecule has 3 rings (SSSR count). The van der Waals surface area contributed by atoms with Crippen LogP contribution in [0.5, 0.6) is 23.0 Å². The van der Waals surface area contributed by atoms with Gasteiger partial charge in [-0.05, 0) is 30.5 Å². The standard InChI is InChI=1S/C18H20O4/c1-17(2)10-18(3,13-6-4-11(19)8-15(13)21)22-16-9-12(20)5-7-14(16)17/h4-9,19-21H,10H2,1-3H3/t18-/m0/s1. The molecule has 1 heterocycles. The van der Waals surface area contributed by atoms with Crippen molar-refractivity contribution in [1.82, 2.24) is 0 Å². The molecule has 0 radical (unpaired) electrons. The number of phenolic OH excluding ortho intramolecular Hbond substituents is 3. The molecule has 0 unspecified atom stereocenters. The van der Waals surface area contributed by atoms with Crippen molar-refractivity contribution in [3.63, 3.8) is 0 Å². The summed E-state index contributed by atoms with van der Waals surface area (Å²) in [5.74, 6) is 0.778. The summed E-state index contributed by atoms with van der Waals surface area (Å²) in [6.07, 6.45) is 0.663. The van der Waals surface area contributed by atoms with Crippen molar-refractivity contribution in [3.05, 3.63) is 47.5 Å². The maximum Gasteiger partial charge on any atom is 0.136 e. The lowest BCUT2D eigenvalue weighted by molar-refractivity contribution is 0.0302. The average Bonchev–Trinajstić information content (AvgIpc) is 2.35. The molecule has 0 spiro atoms. The smallest absolute Gasteiger partial charge is 0.136 e. The van der Waals surface area contributed by atoms with E-state index in [4.69, 9.17) is 4.74 Å². The third-order valence-electron chi connectivity index (χ3n) is 4.36. The largest absolute Gasteiger partial charge is 0.508 e. The third kappa shape index (κ3) is 2.25. The first-order valence-corrected chi connectivity index (χ1v) is 7.26. The number of rotatable bonds is 1. The molecule has 22 heavy (non-hydrogen) atoms. The van der Waals surface area contributed by atoms with Crippen molar-refractivity contribution in [1.29, 1.82) is 0 Å². The van der Waals surface area contributed by atoms with Crippen molar-refractivity contribution in [2.45, 2.75) is 38.2 Å². The van der Waals surface area contributed by atoms with E-state index in [1.807, 2.05) is 13.0 Å². The van der Waals surface area contributed by atoms with Crippen LogP contribution in [0.1, 0.15) is 38.3 Å². The average molecular weight is 300 g/mol. The Morgan fingerprint density at radius 3 is 2.09 bits per heavy atom. The van der Waals surface area contributed by atoms with E-state index >= 15 is 0 Å². The number of hydrogen-bond donors (Lipinski definition) is 3. The molecule has 0 saturated carbocycles. The Hall–Kier alpha value is -2.36. The molecule has 1 aliphatic rings. The van der Waals surface area contributed by atoms with E-state index in [1.54, 1.807) is 18.2 Å². The molecule has 2 aromatic carbocycles. The summed E-state index contributed by atoms with van der Waals surface area (Å²) < 4.78 is 6.14. The Kier molecular flexibility index (Phi) is 3.02. The topological polar surface area (TPSA) is 69.9 Å². The quantitative estimate of drug-likeness (QED) is 0.749. The number of hydrogen-bond acceptors (Lipinski definition) is 4. The lowest BCUT2D eigenvalue weighted by Gasteiger charge is -2.44. The van der Waals surface area contributed by atoms with E-state index < -0.39 is 5.60 Å². The van der Waals surface area contributed by atoms with Crippen LogP contribution in [0.2, 0.25) is 0 Å². The molecule has 1 atom stereocenters. The Morgan fingerprint density at radius 2 is 1.45 bits per heavy atom. The van der Waals surface area contributed by atoms with Gasteiger partial charge in [0.25, 0.3) is 0 Å². The second-order valence-electron chi connectivity index (χ2n) is 6.78.